The molecule has 13 heavy (non-hydrogen) atoms. The fourth-order valence-electron chi connectivity index (χ4n) is 1.21. The highest BCUT2D eigenvalue weighted by Crippen LogP contribution is 2.15. The van der Waals surface area contributed by atoms with Crippen molar-refractivity contribution in [2.24, 2.45) is 5.73 Å². The third-order valence-electron chi connectivity index (χ3n) is 1.83. The SMILES string of the molecule is CCNc1ccc(CCN)cc1F. The Labute approximate surface area is 77.9 Å². The molecule has 0 amide bonds. The molecular weight excluding hydrogens is 167 g/mol. The maximum atomic E-state index is 13.3. The molecule has 0 saturated heterocycles. The van der Waals surface area contributed by atoms with Gasteiger partial charge in [0.25, 0.3) is 0 Å². The number of hydrogen-bond acceptors (Lipinski definition) is 2. The summed E-state index contributed by atoms with van der Waals surface area (Å²) >= 11 is 0. The van der Waals surface area contributed by atoms with Crippen molar-refractivity contribution >= 4 is 5.69 Å². The van der Waals surface area contributed by atoms with Gasteiger partial charge in [-0.05, 0) is 37.6 Å². The van der Waals surface area contributed by atoms with Crippen LogP contribution in [0.5, 0.6) is 0 Å². The summed E-state index contributed by atoms with van der Waals surface area (Å²) in [7, 11) is 0. The smallest absolute Gasteiger partial charge is 0.146 e. The molecule has 0 aliphatic carbocycles. The largest absolute Gasteiger partial charge is 0.383 e. The van der Waals surface area contributed by atoms with E-state index >= 15 is 0 Å². The van der Waals surface area contributed by atoms with Gasteiger partial charge in [-0.2, -0.15) is 0 Å². The molecule has 0 aromatic heterocycles. The first kappa shape index (κ1) is 9.99. The van der Waals surface area contributed by atoms with Crippen LogP contribution in [-0.4, -0.2) is 13.1 Å². The van der Waals surface area contributed by atoms with Crippen molar-refractivity contribution in [2.45, 2.75) is 13.3 Å². The van der Waals surface area contributed by atoms with Gasteiger partial charge in [0.1, 0.15) is 5.82 Å². The van der Waals surface area contributed by atoms with Crippen molar-refractivity contribution < 1.29 is 4.39 Å². The number of anilines is 1. The van der Waals surface area contributed by atoms with Crippen LogP contribution in [0.15, 0.2) is 18.2 Å². The summed E-state index contributed by atoms with van der Waals surface area (Å²) in [6, 6.07) is 5.18. The molecule has 0 aliphatic rings. The van der Waals surface area contributed by atoms with E-state index in [1.165, 1.54) is 6.07 Å². The monoisotopic (exact) mass is 182 g/mol. The third kappa shape index (κ3) is 2.70. The summed E-state index contributed by atoms with van der Waals surface area (Å²) in [5.41, 5.74) is 6.87. The summed E-state index contributed by atoms with van der Waals surface area (Å²) in [5.74, 6) is -0.201. The van der Waals surface area contributed by atoms with Crippen LogP contribution in [-0.2, 0) is 6.42 Å². The van der Waals surface area contributed by atoms with Gasteiger partial charge in [0.05, 0.1) is 5.69 Å². The molecule has 0 unspecified atom stereocenters. The van der Waals surface area contributed by atoms with Gasteiger partial charge in [-0.15, -0.1) is 0 Å². The predicted octanol–water partition coefficient (Wildman–Crippen LogP) is 1.76. The molecule has 0 fully saturated rings. The lowest BCUT2D eigenvalue weighted by Crippen LogP contribution is -2.04. The molecule has 3 heteroatoms. The molecule has 72 valence electrons. The average Bonchev–Trinajstić information content (AvgIpc) is 2.10. The zero-order valence-corrected chi connectivity index (χ0v) is 7.81. The highest BCUT2D eigenvalue weighted by atomic mass is 19.1. The molecular formula is C10H15FN2. The van der Waals surface area contributed by atoms with Gasteiger partial charge < -0.3 is 11.1 Å². The van der Waals surface area contributed by atoms with Gasteiger partial charge in [0, 0.05) is 6.54 Å². The van der Waals surface area contributed by atoms with Gasteiger partial charge in [0.2, 0.25) is 0 Å². The van der Waals surface area contributed by atoms with Crippen molar-refractivity contribution in [1.29, 1.82) is 0 Å². The van der Waals surface area contributed by atoms with Gasteiger partial charge in [-0.1, -0.05) is 6.07 Å². The highest BCUT2D eigenvalue weighted by molar-refractivity contribution is 5.46. The van der Waals surface area contributed by atoms with Crippen LogP contribution in [0.1, 0.15) is 12.5 Å². The first-order valence-electron chi connectivity index (χ1n) is 4.50. The number of rotatable bonds is 4. The van der Waals surface area contributed by atoms with Crippen LogP contribution >= 0.6 is 0 Å². The predicted molar refractivity (Wildman–Crippen MR) is 53.3 cm³/mol. The van der Waals surface area contributed by atoms with Crippen LogP contribution in [0.2, 0.25) is 0 Å². The fraction of sp³-hybridized carbons (Fsp3) is 0.400. The Kier molecular flexibility index (Phi) is 3.71. The van der Waals surface area contributed by atoms with Gasteiger partial charge >= 0.3 is 0 Å². The van der Waals surface area contributed by atoms with E-state index in [1.807, 2.05) is 13.0 Å². The van der Waals surface area contributed by atoms with Crippen molar-refractivity contribution in [3.05, 3.63) is 29.6 Å². The molecule has 1 rings (SSSR count). The second-order valence-electron chi connectivity index (χ2n) is 2.88. The summed E-state index contributed by atoms with van der Waals surface area (Å²) < 4.78 is 13.3. The van der Waals surface area contributed by atoms with E-state index in [2.05, 4.69) is 5.32 Å². The van der Waals surface area contributed by atoms with Crippen molar-refractivity contribution in [1.82, 2.24) is 0 Å². The number of hydrogen-bond donors (Lipinski definition) is 2. The minimum Gasteiger partial charge on any atom is -0.383 e. The molecule has 0 saturated carbocycles. The Morgan fingerprint density at radius 2 is 2.23 bits per heavy atom. The molecule has 0 bridgehead atoms. The number of halogens is 1. The molecule has 0 aliphatic heterocycles. The van der Waals surface area contributed by atoms with Gasteiger partial charge in [-0.3, -0.25) is 0 Å². The Morgan fingerprint density at radius 3 is 2.77 bits per heavy atom. The molecule has 0 atom stereocenters. The Balaban J connectivity index is 2.79. The van der Waals surface area contributed by atoms with Gasteiger partial charge in [-0.25, -0.2) is 4.39 Å². The van der Waals surface area contributed by atoms with Crippen molar-refractivity contribution in [2.75, 3.05) is 18.4 Å². The van der Waals surface area contributed by atoms with E-state index < -0.39 is 0 Å². The third-order valence-corrected chi connectivity index (χ3v) is 1.83. The van der Waals surface area contributed by atoms with Crippen LogP contribution < -0.4 is 11.1 Å². The summed E-state index contributed by atoms with van der Waals surface area (Å²) in [4.78, 5) is 0. The van der Waals surface area contributed by atoms with Crippen LogP contribution in [0.3, 0.4) is 0 Å². The minimum atomic E-state index is -0.201. The summed E-state index contributed by atoms with van der Waals surface area (Å²) in [5, 5.41) is 2.94. The molecule has 0 radical (unpaired) electrons. The van der Waals surface area contributed by atoms with Crippen LogP contribution in [0.25, 0.3) is 0 Å². The zero-order chi connectivity index (χ0) is 9.68. The van der Waals surface area contributed by atoms with E-state index in [0.29, 0.717) is 12.2 Å². The summed E-state index contributed by atoms with van der Waals surface area (Å²) in [6.45, 7) is 3.22. The molecule has 3 N–H and O–H groups in total. The molecule has 2 nitrogen and oxygen atoms in total. The zero-order valence-electron chi connectivity index (χ0n) is 7.81. The van der Waals surface area contributed by atoms with Crippen molar-refractivity contribution in [3.63, 3.8) is 0 Å². The lowest BCUT2D eigenvalue weighted by molar-refractivity contribution is 0.628. The first-order valence-corrected chi connectivity index (χ1v) is 4.50. The topological polar surface area (TPSA) is 38.0 Å². The lowest BCUT2D eigenvalue weighted by atomic mass is 10.1. The Hall–Kier alpha value is -1.09. The van der Waals surface area contributed by atoms with E-state index in [-0.39, 0.29) is 5.82 Å². The number of nitrogens with two attached hydrogens (primary N) is 1. The first-order chi connectivity index (χ1) is 6.27. The van der Waals surface area contributed by atoms with Gasteiger partial charge in [0.15, 0.2) is 0 Å². The quantitative estimate of drug-likeness (QED) is 0.744. The van der Waals surface area contributed by atoms with E-state index in [9.17, 15) is 4.39 Å². The van der Waals surface area contributed by atoms with E-state index in [1.54, 1.807) is 6.07 Å². The second-order valence-corrected chi connectivity index (χ2v) is 2.88. The maximum Gasteiger partial charge on any atom is 0.146 e. The molecule has 1 aromatic carbocycles. The Morgan fingerprint density at radius 1 is 1.46 bits per heavy atom. The Bertz CT molecular complexity index is 274. The van der Waals surface area contributed by atoms with E-state index in [4.69, 9.17) is 5.73 Å². The normalized spacial score (nSPS) is 10.1. The molecule has 0 heterocycles. The average molecular weight is 182 g/mol. The number of benzene rings is 1. The standard InChI is InChI=1S/C10H15FN2/c1-2-13-10-4-3-8(5-6-12)7-9(10)11/h3-4,7,13H,2,5-6,12H2,1H3. The fourth-order valence-corrected chi connectivity index (χ4v) is 1.21. The second kappa shape index (κ2) is 4.82. The minimum absolute atomic E-state index is 0.201. The molecule has 1 aromatic rings. The van der Waals surface area contributed by atoms with Crippen molar-refractivity contribution in [3.8, 4) is 0 Å². The maximum absolute atomic E-state index is 13.3. The van der Waals surface area contributed by atoms with E-state index in [0.717, 1.165) is 18.5 Å². The summed E-state index contributed by atoms with van der Waals surface area (Å²) in [6.07, 6.45) is 0.726. The lowest BCUT2D eigenvalue weighted by Gasteiger charge is -2.06. The van der Waals surface area contributed by atoms with Crippen LogP contribution in [0, 0.1) is 5.82 Å². The van der Waals surface area contributed by atoms with Crippen LogP contribution in [0.4, 0.5) is 10.1 Å². The molecule has 0 spiro atoms. The number of nitrogens with one attached hydrogen (secondary N) is 1. The highest BCUT2D eigenvalue weighted by Gasteiger charge is 2.01.